The van der Waals surface area contributed by atoms with Crippen LogP contribution < -0.4 is 0 Å². The van der Waals surface area contributed by atoms with Crippen molar-refractivity contribution >= 4 is 0 Å². The highest BCUT2D eigenvalue weighted by Gasteiger charge is 2.47. The molecule has 108 valence electrons. The number of hydrogen-bond acceptors (Lipinski definition) is 6. The maximum Gasteiger partial charge on any atom is 0.328 e. The van der Waals surface area contributed by atoms with Gasteiger partial charge in [0.15, 0.2) is 12.1 Å². The van der Waals surface area contributed by atoms with Gasteiger partial charge >= 0.3 is 5.92 Å². The molecule has 0 spiro atoms. The van der Waals surface area contributed by atoms with E-state index in [2.05, 4.69) is 15.1 Å². The first kappa shape index (κ1) is 13.2. The number of alkyl halides is 2. The van der Waals surface area contributed by atoms with Crippen molar-refractivity contribution in [3.05, 3.63) is 18.0 Å². The minimum Gasteiger partial charge on any atom is -0.448 e. The molecule has 1 saturated heterocycles. The van der Waals surface area contributed by atoms with Gasteiger partial charge in [0, 0.05) is 19.1 Å². The minimum atomic E-state index is -3.16. The summed E-state index contributed by atoms with van der Waals surface area (Å²) in [5.74, 6) is -4.22. The van der Waals surface area contributed by atoms with E-state index in [0.717, 1.165) is 0 Å². The Kier molecular flexibility index (Phi) is 3.25. The van der Waals surface area contributed by atoms with Crippen LogP contribution in [0, 0.1) is 12.8 Å². The molecule has 0 radical (unpaired) electrons. The highest BCUT2D eigenvalue weighted by molar-refractivity contribution is 5.49. The van der Waals surface area contributed by atoms with Crippen LogP contribution in [0.3, 0.4) is 0 Å². The Bertz CT molecular complexity index is 590. The van der Waals surface area contributed by atoms with Gasteiger partial charge in [-0.15, -0.1) is 0 Å². The van der Waals surface area contributed by atoms with E-state index in [1.807, 2.05) is 0 Å². The Balaban J connectivity index is 1.87. The monoisotopic (exact) mass is 285 g/mol. The maximum absolute atomic E-state index is 14.3. The largest absolute Gasteiger partial charge is 0.448 e. The summed E-state index contributed by atoms with van der Waals surface area (Å²) >= 11 is 0. The zero-order chi connectivity index (χ0) is 14.2. The van der Waals surface area contributed by atoms with Crippen molar-refractivity contribution in [2.75, 3.05) is 13.2 Å². The fourth-order valence-electron chi connectivity index (χ4n) is 2.21. The number of halogens is 2. The lowest BCUT2D eigenvalue weighted by Gasteiger charge is -2.27. The molecular formula is C12H13F2N3O3. The first-order chi connectivity index (χ1) is 9.59. The lowest BCUT2D eigenvalue weighted by molar-refractivity contribution is -0.121. The van der Waals surface area contributed by atoms with E-state index < -0.39 is 17.7 Å². The van der Waals surface area contributed by atoms with Crippen molar-refractivity contribution in [3.63, 3.8) is 0 Å². The van der Waals surface area contributed by atoms with Crippen LogP contribution in [0.1, 0.15) is 24.5 Å². The molecule has 1 fully saturated rings. The molecule has 0 bridgehead atoms. The van der Waals surface area contributed by atoms with Crippen LogP contribution >= 0.6 is 0 Å². The fourth-order valence-corrected chi connectivity index (χ4v) is 2.21. The molecule has 0 saturated carbocycles. The van der Waals surface area contributed by atoms with E-state index in [1.54, 1.807) is 6.92 Å². The van der Waals surface area contributed by atoms with Crippen LogP contribution in [0.15, 0.2) is 15.3 Å². The lowest BCUT2D eigenvalue weighted by Crippen LogP contribution is -2.31. The van der Waals surface area contributed by atoms with Gasteiger partial charge in [0.1, 0.15) is 5.76 Å². The molecule has 1 aliphatic heterocycles. The van der Waals surface area contributed by atoms with Crippen molar-refractivity contribution in [2.24, 2.45) is 5.92 Å². The molecule has 2 aromatic rings. The smallest absolute Gasteiger partial charge is 0.328 e. The fraction of sp³-hybridized carbons (Fsp3) is 0.583. The average Bonchev–Trinajstić information content (AvgIpc) is 3.08. The molecule has 0 N–H and O–H groups in total. The van der Waals surface area contributed by atoms with Crippen molar-refractivity contribution in [1.29, 1.82) is 0 Å². The van der Waals surface area contributed by atoms with E-state index in [0.29, 0.717) is 24.7 Å². The molecule has 0 aliphatic carbocycles. The van der Waals surface area contributed by atoms with Crippen molar-refractivity contribution in [2.45, 2.75) is 25.7 Å². The van der Waals surface area contributed by atoms with Gasteiger partial charge in [0.25, 0.3) is 5.89 Å². The predicted molar refractivity (Wildman–Crippen MR) is 62.0 cm³/mol. The van der Waals surface area contributed by atoms with Gasteiger partial charge in [-0.2, -0.15) is 13.8 Å². The Labute approximate surface area is 113 Å². The number of rotatable bonds is 3. The summed E-state index contributed by atoms with van der Waals surface area (Å²) < 4.78 is 43.4. The summed E-state index contributed by atoms with van der Waals surface area (Å²) in [7, 11) is 0. The molecule has 3 heterocycles. The number of aryl methyl sites for hydroxylation is 1. The molecule has 3 rings (SSSR count). The molecule has 0 unspecified atom stereocenters. The molecule has 8 heteroatoms. The summed E-state index contributed by atoms with van der Waals surface area (Å²) in [4.78, 5) is 7.65. The van der Waals surface area contributed by atoms with Gasteiger partial charge < -0.3 is 13.7 Å². The third-order valence-electron chi connectivity index (χ3n) is 3.40. The van der Waals surface area contributed by atoms with Crippen molar-refractivity contribution < 1.29 is 22.5 Å². The van der Waals surface area contributed by atoms with E-state index in [4.69, 9.17) is 13.7 Å². The van der Waals surface area contributed by atoms with Crippen LogP contribution in [0.5, 0.6) is 0 Å². The van der Waals surface area contributed by atoms with Crippen LogP contribution in [0.4, 0.5) is 8.78 Å². The lowest BCUT2D eigenvalue weighted by atomic mass is 9.93. The Morgan fingerprint density at radius 1 is 1.30 bits per heavy atom. The summed E-state index contributed by atoms with van der Waals surface area (Å²) in [5, 5.41) is 3.56. The molecule has 0 atom stereocenters. The Morgan fingerprint density at radius 3 is 2.70 bits per heavy atom. The zero-order valence-corrected chi connectivity index (χ0v) is 10.8. The van der Waals surface area contributed by atoms with Gasteiger partial charge in [-0.25, -0.2) is 4.98 Å². The Morgan fingerprint density at radius 2 is 2.05 bits per heavy atom. The van der Waals surface area contributed by atoms with Gasteiger partial charge in [-0.1, -0.05) is 5.16 Å². The first-order valence-electron chi connectivity index (χ1n) is 6.29. The second kappa shape index (κ2) is 4.93. The van der Waals surface area contributed by atoms with Gasteiger partial charge in [-0.3, -0.25) is 0 Å². The first-order valence-corrected chi connectivity index (χ1v) is 6.29. The third kappa shape index (κ3) is 2.20. The normalized spacial score (nSPS) is 17.6. The molecule has 0 amide bonds. The number of aromatic nitrogens is 3. The van der Waals surface area contributed by atoms with Gasteiger partial charge in [0.2, 0.25) is 5.82 Å². The zero-order valence-electron chi connectivity index (χ0n) is 10.8. The number of hydrogen-bond donors (Lipinski definition) is 0. The van der Waals surface area contributed by atoms with Crippen LogP contribution in [0.25, 0.3) is 11.5 Å². The highest BCUT2D eigenvalue weighted by Crippen LogP contribution is 2.40. The minimum absolute atomic E-state index is 0.0120. The quantitative estimate of drug-likeness (QED) is 0.862. The molecule has 0 aromatic carbocycles. The van der Waals surface area contributed by atoms with Gasteiger partial charge in [-0.05, 0) is 19.8 Å². The Hall–Kier alpha value is -1.83. The van der Waals surface area contributed by atoms with Crippen LogP contribution in [-0.4, -0.2) is 28.3 Å². The topological polar surface area (TPSA) is 74.2 Å². The summed E-state index contributed by atoms with van der Waals surface area (Å²) in [5.41, 5.74) is 0.308. The molecule has 20 heavy (non-hydrogen) atoms. The molecular weight excluding hydrogens is 272 g/mol. The van der Waals surface area contributed by atoms with Crippen molar-refractivity contribution in [3.8, 4) is 11.5 Å². The SMILES string of the molecule is Cc1ocnc1-c1noc(C(F)(F)C2CCOCC2)n1. The number of nitrogens with zero attached hydrogens (tertiary/aromatic N) is 3. The number of oxazole rings is 1. The maximum atomic E-state index is 14.3. The predicted octanol–water partition coefficient (Wildman–Crippen LogP) is 2.55. The van der Waals surface area contributed by atoms with E-state index >= 15 is 0 Å². The molecule has 6 nitrogen and oxygen atoms in total. The second-order valence-electron chi connectivity index (χ2n) is 4.69. The van der Waals surface area contributed by atoms with Crippen LogP contribution in [-0.2, 0) is 10.7 Å². The van der Waals surface area contributed by atoms with Gasteiger partial charge in [0.05, 0.1) is 0 Å². The van der Waals surface area contributed by atoms with Crippen LogP contribution in [0.2, 0.25) is 0 Å². The molecule has 2 aromatic heterocycles. The van der Waals surface area contributed by atoms with E-state index in [1.165, 1.54) is 6.39 Å². The third-order valence-corrected chi connectivity index (χ3v) is 3.40. The van der Waals surface area contributed by atoms with E-state index in [9.17, 15) is 8.78 Å². The second-order valence-corrected chi connectivity index (χ2v) is 4.69. The van der Waals surface area contributed by atoms with E-state index in [-0.39, 0.29) is 18.7 Å². The number of ether oxygens (including phenoxy) is 1. The average molecular weight is 285 g/mol. The molecule has 1 aliphatic rings. The summed E-state index contributed by atoms with van der Waals surface area (Å²) in [6.07, 6.45) is 1.75. The highest BCUT2D eigenvalue weighted by atomic mass is 19.3. The summed E-state index contributed by atoms with van der Waals surface area (Å²) in [6, 6.07) is 0. The summed E-state index contributed by atoms with van der Waals surface area (Å²) in [6.45, 7) is 2.29. The van der Waals surface area contributed by atoms with Crippen molar-refractivity contribution in [1.82, 2.24) is 15.1 Å². The standard InChI is InChI=1S/C12H13F2N3O3/c1-7-9(15-6-19-7)10-16-11(20-17-10)12(13,14)8-2-4-18-5-3-8/h6,8H,2-5H2,1H3.